The van der Waals surface area contributed by atoms with Gasteiger partial charge in [0.1, 0.15) is 0 Å². The summed E-state index contributed by atoms with van der Waals surface area (Å²) >= 11 is 0. The predicted octanol–water partition coefficient (Wildman–Crippen LogP) is 3.80. The number of fused-ring (bicyclic) bond motifs is 2. The smallest absolute Gasteiger partial charge is 0.319 e. The van der Waals surface area contributed by atoms with Gasteiger partial charge in [-0.2, -0.15) is 5.10 Å². The normalized spacial score (nSPS) is 16.6. The molecule has 1 aromatic heterocycles. The Morgan fingerprint density at radius 2 is 2.17 bits per heavy atom. The fourth-order valence-corrected chi connectivity index (χ4v) is 3.48. The van der Waals surface area contributed by atoms with Crippen LogP contribution in [0.15, 0.2) is 48.7 Å². The first kappa shape index (κ1) is 14.8. The summed E-state index contributed by atoms with van der Waals surface area (Å²) in [5.41, 5.74) is 4.52. The van der Waals surface area contributed by atoms with Crippen LogP contribution in [0.2, 0.25) is 0 Å². The third kappa shape index (κ3) is 2.97. The number of aryl methyl sites for hydroxylation is 1. The largest absolute Gasteiger partial charge is 0.337 e. The molecule has 5 heteroatoms. The van der Waals surface area contributed by atoms with Gasteiger partial charge in [-0.25, -0.2) is 4.79 Å². The van der Waals surface area contributed by atoms with E-state index in [4.69, 9.17) is 0 Å². The first-order chi connectivity index (χ1) is 11.8. The van der Waals surface area contributed by atoms with Crippen molar-refractivity contribution in [2.45, 2.75) is 25.2 Å². The number of hydrogen-bond acceptors (Lipinski definition) is 2. The van der Waals surface area contributed by atoms with Gasteiger partial charge in [-0.3, -0.25) is 5.10 Å². The van der Waals surface area contributed by atoms with Crippen LogP contribution in [-0.4, -0.2) is 22.8 Å². The Morgan fingerprint density at radius 1 is 1.25 bits per heavy atom. The molecule has 2 amide bonds. The lowest BCUT2D eigenvalue weighted by molar-refractivity contribution is 0.251. The molecule has 0 bridgehead atoms. The molecule has 122 valence electrons. The van der Waals surface area contributed by atoms with Crippen LogP contribution in [0.3, 0.4) is 0 Å². The van der Waals surface area contributed by atoms with Crippen molar-refractivity contribution in [2.24, 2.45) is 0 Å². The molecule has 5 nitrogen and oxygen atoms in total. The average molecular weight is 320 g/mol. The predicted molar refractivity (Wildman–Crippen MR) is 95.2 cm³/mol. The Hall–Kier alpha value is -2.82. The van der Waals surface area contributed by atoms with Crippen molar-refractivity contribution in [3.63, 3.8) is 0 Å². The molecule has 0 radical (unpaired) electrons. The highest BCUT2D eigenvalue weighted by Gasteiger charge is 2.20. The zero-order chi connectivity index (χ0) is 16.4. The molecule has 24 heavy (non-hydrogen) atoms. The molecule has 3 N–H and O–H groups in total. The van der Waals surface area contributed by atoms with E-state index in [1.54, 1.807) is 6.20 Å². The van der Waals surface area contributed by atoms with Crippen LogP contribution in [0.4, 0.5) is 10.5 Å². The van der Waals surface area contributed by atoms with Gasteiger partial charge in [0.25, 0.3) is 0 Å². The number of nitrogens with one attached hydrogen (secondary N) is 3. The van der Waals surface area contributed by atoms with Crippen molar-refractivity contribution in [1.29, 1.82) is 0 Å². The number of amides is 2. The number of aromatic amines is 1. The summed E-state index contributed by atoms with van der Waals surface area (Å²) in [7, 11) is 0. The zero-order valence-electron chi connectivity index (χ0n) is 13.4. The highest BCUT2D eigenvalue weighted by atomic mass is 16.2. The van der Waals surface area contributed by atoms with Gasteiger partial charge in [0.05, 0.1) is 11.7 Å². The SMILES string of the molecule is O=C(NCC1CCCc2ccccc21)Nc1ccc2[nH]ncc2c1. The fourth-order valence-electron chi connectivity index (χ4n) is 3.48. The summed E-state index contributed by atoms with van der Waals surface area (Å²) in [4.78, 5) is 12.2. The monoisotopic (exact) mass is 320 g/mol. The van der Waals surface area contributed by atoms with Crippen LogP contribution in [0.1, 0.15) is 29.9 Å². The quantitative estimate of drug-likeness (QED) is 0.687. The highest BCUT2D eigenvalue weighted by molar-refractivity contribution is 5.92. The summed E-state index contributed by atoms with van der Waals surface area (Å²) < 4.78 is 0. The van der Waals surface area contributed by atoms with E-state index in [1.807, 2.05) is 18.2 Å². The molecule has 1 heterocycles. The van der Waals surface area contributed by atoms with E-state index >= 15 is 0 Å². The second-order valence-electron chi connectivity index (χ2n) is 6.30. The molecule has 0 fully saturated rings. The van der Waals surface area contributed by atoms with Crippen molar-refractivity contribution in [3.05, 3.63) is 59.8 Å². The van der Waals surface area contributed by atoms with Crippen LogP contribution in [0.5, 0.6) is 0 Å². The Labute approximate surface area is 140 Å². The molecule has 0 saturated carbocycles. The molecule has 2 aromatic carbocycles. The van der Waals surface area contributed by atoms with Crippen molar-refractivity contribution in [3.8, 4) is 0 Å². The number of H-pyrrole nitrogens is 1. The van der Waals surface area contributed by atoms with E-state index in [9.17, 15) is 4.79 Å². The summed E-state index contributed by atoms with van der Waals surface area (Å²) in [5.74, 6) is 0.400. The maximum absolute atomic E-state index is 12.2. The number of benzene rings is 2. The minimum absolute atomic E-state index is 0.166. The number of nitrogens with zero attached hydrogens (tertiary/aromatic N) is 1. The first-order valence-corrected chi connectivity index (χ1v) is 8.35. The lowest BCUT2D eigenvalue weighted by atomic mass is 9.83. The summed E-state index contributed by atoms with van der Waals surface area (Å²) in [6, 6.07) is 14.1. The Kier molecular flexibility index (Phi) is 3.91. The van der Waals surface area contributed by atoms with Gasteiger partial charge in [-0.1, -0.05) is 24.3 Å². The molecule has 1 aliphatic rings. The standard InChI is InChI=1S/C19H20N4O/c24-19(22-16-8-9-18-15(10-16)12-21-23-18)20-11-14-6-3-5-13-4-1-2-7-17(13)14/h1-2,4,7-10,12,14H,3,5-6,11H2,(H,21,23)(H2,20,22,24). The van der Waals surface area contributed by atoms with Crippen LogP contribution in [0, 0.1) is 0 Å². The number of carbonyl (C=O) groups excluding carboxylic acids is 1. The zero-order valence-corrected chi connectivity index (χ0v) is 13.4. The molecule has 1 unspecified atom stereocenters. The van der Waals surface area contributed by atoms with Crippen molar-refractivity contribution in [2.75, 3.05) is 11.9 Å². The van der Waals surface area contributed by atoms with E-state index in [0.29, 0.717) is 12.5 Å². The van der Waals surface area contributed by atoms with E-state index < -0.39 is 0 Å². The number of hydrogen-bond donors (Lipinski definition) is 3. The third-order valence-electron chi connectivity index (χ3n) is 4.70. The number of urea groups is 1. The Morgan fingerprint density at radius 3 is 3.12 bits per heavy atom. The molecular formula is C19H20N4O. The van der Waals surface area contributed by atoms with Gasteiger partial charge in [-0.15, -0.1) is 0 Å². The van der Waals surface area contributed by atoms with Crippen LogP contribution < -0.4 is 10.6 Å². The van der Waals surface area contributed by atoms with Crippen LogP contribution in [0.25, 0.3) is 10.9 Å². The summed E-state index contributed by atoms with van der Waals surface area (Å²) in [6.45, 7) is 0.663. The summed E-state index contributed by atoms with van der Waals surface area (Å²) in [6.07, 6.45) is 5.20. The number of carbonyl (C=O) groups is 1. The molecule has 4 rings (SSSR count). The van der Waals surface area contributed by atoms with Gasteiger partial charge in [0.2, 0.25) is 0 Å². The van der Waals surface area contributed by atoms with E-state index in [2.05, 4.69) is 45.1 Å². The lowest BCUT2D eigenvalue weighted by Crippen LogP contribution is -2.33. The van der Waals surface area contributed by atoms with E-state index in [0.717, 1.165) is 29.4 Å². The topological polar surface area (TPSA) is 69.8 Å². The average Bonchev–Trinajstić information content (AvgIpc) is 3.07. The first-order valence-electron chi connectivity index (χ1n) is 8.35. The highest BCUT2D eigenvalue weighted by Crippen LogP contribution is 2.30. The minimum atomic E-state index is -0.166. The van der Waals surface area contributed by atoms with Crippen LogP contribution >= 0.6 is 0 Å². The van der Waals surface area contributed by atoms with E-state index in [1.165, 1.54) is 17.5 Å². The van der Waals surface area contributed by atoms with Gasteiger partial charge in [0.15, 0.2) is 0 Å². The van der Waals surface area contributed by atoms with Crippen molar-refractivity contribution < 1.29 is 4.79 Å². The van der Waals surface area contributed by atoms with Crippen LogP contribution in [-0.2, 0) is 6.42 Å². The molecule has 0 aliphatic heterocycles. The van der Waals surface area contributed by atoms with Crippen molar-refractivity contribution in [1.82, 2.24) is 15.5 Å². The third-order valence-corrected chi connectivity index (χ3v) is 4.70. The van der Waals surface area contributed by atoms with Gasteiger partial charge in [-0.05, 0) is 48.6 Å². The maximum Gasteiger partial charge on any atom is 0.319 e. The molecular weight excluding hydrogens is 300 g/mol. The lowest BCUT2D eigenvalue weighted by Gasteiger charge is -2.25. The van der Waals surface area contributed by atoms with Gasteiger partial charge < -0.3 is 10.6 Å². The molecule has 0 saturated heterocycles. The van der Waals surface area contributed by atoms with Gasteiger partial charge >= 0.3 is 6.03 Å². The molecule has 1 atom stereocenters. The minimum Gasteiger partial charge on any atom is -0.337 e. The second-order valence-corrected chi connectivity index (χ2v) is 6.30. The number of anilines is 1. The molecule has 0 spiro atoms. The maximum atomic E-state index is 12.2. The number of aromatic nitrogens is 2. The molecule has 3 aromatic rings. The Balaban J connectivity index is 1.38. The number of rotatable bonds is 3. The molecule has 1 aliphatic carbocycles. The van der Waals surface area contributed by atoms with Gasteiger partial charge in [0, 0.05) is 23.5 Å². The fraction of sp³-hybridized carbons (Fsp3) is 0.263. The van der Waals surface area contributed by atoms with Crippen molar-refractivity contribution >= 4 is 22.6 Å². The summed E-state index contributed by atoms with van der Waals surface area (Å²) in [5, 5.41) is 13.8. The second kappa shape index (κ2) is 6.35. The Bertz CT molecular complexity index is 870. The van der Waals surface area contributed by atoms with E-state index in [-0.39, 0.29) is 6.03 Å².